The third-order valence-corrected chi connectivity index (χ3v) is 4.39. The molecule has 2 N–H and O–H groups in total. The number of carbonyl (C=O) groups is 1. The molecule has 6 nitrogen and oxygen atoms in total. The monoisotopic (exact) mass is 413 g/mol. The quantitative estimate of drug-likeness (QED) is 0.677. The van der Waals surface area contributed by atoms with Crippen LogP contribution in [-0.2, 0) is 6.54 Å². The van der Waals surface area contributed by atoms with Crippen LogP contribution in [0.5, 0.6) is 0 Å². The Morgan fingerprint density at radius 2 is 2.04 bits per heavy atom. The minimum absolute atomic E-state index is 0.327. The molecule has 0 aliphatic carbocycles. The first-order valence-corrected chi connectivity index (χ1v) is 8.06. The van der Waals surface area contributed by atoms with Gasteiger partial charge in [-0.15, -0.1) is 0 Å². The van der Waals surface area contributed by atoms with E-state index in [0.29, 0.717) is 32.6 Å². The van der Waals surface area contributed by atoms with Crippen LogP contribution in [-0.4, -0.2) is 25.9 Å². The summed E-state index contributed by atoms with van der Waals surface area (Å²) in [7, 11) is 0. The van der Waals surface area contributed by atoms with Crippen LogP contribution in [0.15, 0.2) is 41.1 Å². The van der Waals surface area contributed by atoms with Gasteiger partial charge < -0.3 is 5.32 Å². The Morgan fingerprint density at radius 1 is 1.30 bits per heavy atom. The third kappa shape index (κ3) is 3.57. The first kappa shape index (κ1) is 16.0. The molecule has 3 rings (SSSR count). The van der Waals surface area contributed by atoms with Gasteiger partial charge in [0.25, 0.3) is 5.91 Å². The maximum Gasteiger partial charge on any atom is 0.276 e. The third-order valence-electron chi connectivity index (χ3n) is 3.08. The van der Waals surface area contributed by atoms with Crippen molar-refractivity contribution in [3.63, 3.8) is 0 Å². The Balaban J connectivity index is 1.74. The van der Waals surface area contributed by atoms with Gasteiger partial charge in [0.1, 0.15) is 5.69 Å². The second-order valence-corrected chi connectivity index (χ2v) is 6.31. The highest BCUT2D eigenvalue weighted by atomic mass is 79.9. The van der Waals surface area contributed by atoms with E-state index in [0.717, 1.165) is 5.56 Å². The van der Waals surface area contributed by atoms with Crippen LogP contribution >= 0.6 is 39.1 Å². The van der Waals surface area contributed by atoms with Gasteiger partial charge in [-0.05, 0) is 28.1 Å². The summed E-state index contributed by atoms with van der Waals surface area (Å²) in [6, 6.07) is 7.01. The van der Waals surface area contributed by atoms with E-state index < -0.39 is 0 Å². The van der Waals surface area contributed by atoms with Gasteiger partial charge >= 0.3 is 0 Å². The van der Waals surface area contributed by atoms with Crippen LogP contribution in [0, 0.1) is 0 Å². The van der Waals surface area contributed by atoms with E-state index >= 15 is 0 Å². The summed E-state index contributed by atoms with van der Waals surface area (Å²) in [5.74, 6) is 0.0788. The number of rotatable bonds is 4. The zero-order chi connectivity index (χ0) is 16.4. The molecule has 2 heterocycles. The molecule has 0 unspecified atom stereocenters. The molecule has 0 aliphatic heterocycles. The van der Waals surface area contributed by atoms with Crippen molar-refractivity contribution in [2.24, 2.45) is 0 Å². The normalized spacial score (nSPS) is 10.7. The van der Waals surface area contributed by atoms with Crippen molar-refractivity contribution in [2.75, 3.05) is 5.32 Å². The van der Waals surface area contributed by atoms with Crippen molar-refractivity contribution in [3.8, 4) is 0 Å². The Hall–Kier alpha value is -1.83. The minimum Gasteiger partial charge on any atom is -0.304 e. The Kier molecular flexibility index (Phi) is 4.70. The summed E-state index contributed by atoms with van der Waals surface area (Å²) < 4.78 is 2.22. The van der Waals surface area contributed by atoms with Crippen molar-refractivity contribution in [1.29, 1.82) is 0 Å². The van der Waals surface area contributed by atoms with Gasteiger partial charge in [0.2, 0.25) is 0 Å². The fourth-order valence-corrected chi connectivity index (χ4v) is 2.86. The molecule has 0 saturated heterocycles. The predicted molar refractivity (Wildman–Crippen MR) is 92.0 cm³/mol. The number of carbonyl (C=O) groups excluding carboxylic acids is 1. The number of nitrogens with zero attached hydrogens (tertiary/aromatic N) is 3. The molecule has 0 bridgehead atoms. The first-order chi connectivity index (χ1) is 11.0. The number of benzene rings is 1. The number of anilines is 1. The molecule has 2 aromatic heterocycles. The topological polar surface area (TPSA) is 75.6 Å². The lowest BCUT2D eigenvalue weighted by Gasteiger charge is -2.07. The number of hydrogen-bond acceptors (Lipinski definition) is 3. The fourth-order valence-electron chi connectivity index (χ4n) is 1.97. The number of nitrogens with one attached hydrogen (secondary N) is 2. The summed E-state index contributed by atoms with van der Waals surface area (Å²) in [5, 5.41) is 14.5. The van der Waals surface area contributed by atoms with Gasteiger partial charge in [-0.1, -0.05) is 29.3 Å². The molecule has 0 fully saturated rings. The van der Waals surface area contributed by atoms with Crippen LogP contribution in [0.2, 0.25) is 10.0 Å². The summed E-state index contributed by atoms with van der Waals surface area (Å²) in [4.78, 5) is 12.1. The van der Waals surface area contributed by atoms with E-state index in [1.807, 2.05) is 0 Å². The lowest BCUT2D eigenvalue weighted by Crippen LogP contribution is -2.14. The molecule has 9 heteroatoms. The Bertz CT molecular complexity index is 840. The van der Waals surface area contributed by atoms with Gasteiger partial charge in [0.15, 0.2) is 5.82 Å². The molecule has 3 aromatic rings. The van der Waals surface area contributed by atoms with E-state index in [2.05, 4.69) is 36.5 Å². The highest BCUT2D eigenvalue weighted by Crippen LogP contribution is 2.25. The maximum absolute atomic E-state index is 12.1. The SMILES string of the molecule is O=C(Nc1ccn(Cc2c(Cl)cccc2Cl)n1)c1[nH]ncc1Br. The lowest BCUT2D eigenvalue weighted by molar-refractivity contribution is 0.102. The smallest absolute Gasteiger partial charge is 0.276 e. The molecule has 1 aromatic carbocycles. The van der Waals surface area contributed by atoms with Gasteiger partial charge in [0, 0.05) is 27.9 Å². The van der Waals surface area contributed by atoms with Gasteiger partial charge in [-0.3, -0.25) is 14.6 Å². The molecule has 1 amide bonds. The van der Waals surface area contributed by atoms with Crippen LogP contribution in [0.1, 0.15) is 16.1 Å². The number of hydrogen-bond donors (Lipinski definition) is 2. The molecule has 23 heavy (non-hydrogen) atoms. The molecule has 0 spiro atoms. The molecule has 0 atom stereocenters. The van der Waals surface area contributed by atoms with Crippen LogP contribution in [0.25, 0.3) is 0 Å². The molecular weight excluding hydrogens is 405 g/mol. The second kappa shape index (κ2) is 6.74. The van der Waals surface area contributed by atoms with E-state index in [4.69, 9.17) is 23.2 Å². The van der Waals surface area contributed by atoms with E-state index in [9.17, 15) is 4.79 Å². The summed E-state index contributed by atoms with van der Waals surface area (Å²) in [6.45, 7) is 0.405. The predicted octanol–water partition coefficient (Wildman–Crippen LogP) is 3.98. The fraction of sp³-hybridized carbons (Fsp3) is 0.0714. The van der Waals surface area contributed by atoms with E-state index in [1.54, 1.807) is 35.1 Å². The van der Waals surface area contributed by atoms with E-state index in [-0.39, 0.29) is 5.91 Å². The summed E-state index contributed by atoms with van der Waals surface area (Å²) in [5.41, 5.74) is 1.10. The number of aromatic nitrogens is 4. The van der Waals surface area contributed by atoms with Crippen molar-refractivity contribution in [3.05, 3.63) is 62.4 Å². The Morgan fingerprint density at radius 3 is 2.70 bits per heavy atom. The number of H-pyrrole nitrogens is 1. The van der Waals surface area contributed by atoms with Crippen molar-refractivity contribution in [1.82, 2.24) is 20.0 Å². The van der Waals surface area contributed by atoms with Crippen LogP contribution < -0.4 is 5.32 Å². The highest BCUT2D eigenvalue weighted by molar-refractivity contribution is 9.10. The summed E-state index contributed by atoms with van der Waals surface area (Å²) >= 11 is 15.5. The number of amides is 1. The standard InChI is InChI=1S/C14H10BrCl2N5O/c15-9-6-18-20-13(9)14(23)19-12-4-5-22(21-12)7-8-10(16)2-1-3-11(8)17/h1-6H,7H2,(H,18,20)(H,19,21,23). The average molecular weight is 415 g/mol. The molecular formula is C14H10BrCl2N5O. The average Bonchev–Trinajstić information content (AvgIpc) is 3.12. The minimum atomic E-state index is -0.338. The number of aromatic amines is 1. The van der Waals surface area contributed by atoms with Gasteiger partial charge in [-0.25, -0.2) is 0 Å². The van der Waals surface area contributed by atoms with Crippen molar-refractivity contribution in [2.45, 2.75) is 6.54 Å². The van der Waals surface area contributed by atoms with E-state index in [1.165, 1.54) is 6.20 Å². The lowest BCUT2D eigenvalue weighted by atomic mass is 10.2. The Labute approximate surface area is 149 Å². The molecule has 0 saturated carbocycles. The maximum atomic E-state index is 12.1. The van der Waals surface area contributed by atoms with Crippen LogP contribution in [0.3, 0.4) is 0 Å². The summed E-state index contributed by atoms with van der Waals surface area (Å²) in [6.07, 6.45) is 3.24. The zero-order valence-corrected chi connectivity index (χ0v) is 14.7. The molecule has 0 radical (unpaired) electrons. The van der Waals surface area contributed by atoms with Crippen molar-refractivity contribution < 1.29 is 4.79 Å². The largest absolute Gasteiger partial charge is 0.304 e. The van der Waals surface area contributed by atoms with Gasteiger partial charge in [0.05, 0.1) is 17.2 Å². The zero-order valence-electron chi connectivity index (χ0n) is 11.6. The van der Waals surface area contributed by atoms with Gasteiger partial charge in [-0.2, -0.15) is 10.2 Å². The molecule has 118 valence electrons. The van der Waals surface area contributed by atoms with Crippen LogP contribution in [0.4, 0.5) is 5.82 Å². The first-order valence-electron chi connectivity index (χ1n) is 6.51. The highest BCUT2D eigenvalue weighted by Gasteiger charge is 2.14. The second-order valence-electron chi connectivity index (χ2n) is 4.65. The van der Waals surface area contributed by atoms with Crippen molar-refractivity contribution >= 4 is 50.9 Å². The molecule has 0 aliphatic rings. The number of halogens is 3.